The molecule has 1 aromatic carbocycles. The van der Waals surface area contributed by atoms with Gasteiger partial charge in [0.2, 0.25) is 0 Å². The number of hydrogen-bond acceptors (Lipinski definition) is 6. The van der Waals surface area contributed by atoms with E-state index in [1.807, 2.05) is 6.92 Å². The molecular weight excluding hydrogens is 372 g/mol. The number of carbonyl (C=O) groups excluding carboxylic acids is 2. The maximum Gasteiger partial charge on any atom is 0.259 e. The van der Waals surface area contributed by atoms with E-state index in [9.17, 15) is 9.59 Å². The van der Waals surface area contributed by atoms with Gasteiger partial charge in [-0.2, -0.15) is 0 Å². The van der Waals surface area contributed by atoms with Crippen molar-refractivity contribution < 1.29 is 18.5 Å². The highest BCUT2D eigenvalue weighted by Gasteiger charge is 2.21. The van der Waals surface area contributed by atoms with Crippen LogP contribution >= 0.6 is 0 Å². The van der Waals surface area contributed by atoms with Gasteiger partial charge in [-0.25, -0.2) is 4.98 Å². The number of nitrogens with one attached hydrogen (secondary N) is 2. The Kier molecular flexibility index (Phi) is 4.59. The van der Waals surface area contributed by atoms with E-state index in [1.54, 1.807) is 50.4 Å². The van der Waals surface area contributed by atoms with Crippen molar-refractivity contribution in [3.8, 4) is 11.5 Å². The van der Waals surface area contributed by atoms with E-state index in [0.717, 1.165) is 5.56 Å². The zero-order valence-electron chi connectivity index (χ0n) is 16.1. The Morgan fingerprint density at radius 2 is 1.90 bits per heavy atom. The molecule has 3 heterocycles. The van der Waals surface area contributed by atoms with Crippen LogP contribution in [0.5, 0.6) is 0 Å². The van der Waals surface area contributed by atoms with Gasteiger partial charge in [0.1, 0.15) is 5.69 Å². The van der Waals surface area contributed by atoms with E-state index in [2.05, 4.69) is 20.8 Å². The predicted molar refractivity (Wildman–Crippen MR) is 107 cm³/mol. The highest BCUT2D eigenvalue weighted by Crippen LogP contribution is 2.28. The van der Waals surface area contributed by atoms with Crippen molar-refractivity contribution in [1.29, 1.82) is 0 Å². The number of aryl methyl sites for hydroxylation is 2. The number of anilines is 1. The maximum atomic E-state index is 13.1. The average molecular weight is 390 g/mol. The summed E-state index contributed by atoms with van der Waals surface area (Å²) in [7, 11) is 1.57. The molecule has 0 bridgehead atoms. The highest BCUT2D eigenvalue weighted by molar-refractivity contribution is 6.13. The van der Waals surface area contributed by atoms with Crippen LogP contribution in [-0.4, -0.2) is 29.0 Å². The minimum Gasteiger partial charge on any atom is -0.463 e. The SMILES string of the molecule is CNC(=O)c1ccc(NC(=O)c2cc(-c3ccco3)nc3onc(C)c23)c(C)c1. The first-order chi connectivity index (χ1) is 14.0. The first kappa shape index (κ1) is 18.4. The Morgan fingerprint density at radius 1 is 1.07 bits per heavy atom. The maximum absolute atomic E-state index is 13.1. The Bertz CT molecular complexity index is 1230. The first-order valence-electron chi connectivity index (χ1n) is 8.93. The lowest BCUT2D eigenvalue weighted by atomic mass is 10.1. The molecule has 0 atom stereocenters. The molecule has 8 heteroatoms. The molecule has 8 nitrogen and oxygen atoms in total. The van der Waals surface area contributed by atoms with Gasteiger partial charge in [0, 0.05) is 18.3 Å². The molecule has 0 aliphatic carbocycles. The van der Waals surface area contributed by atoms with E-state index >= 15 is 0 Å². The van der Waals surface area contributed by atoms with Crippen LogP contribution in [0.15, 0.2) is 51.6 Å². The zero-order chi connectivity index (χ0) is 20.5. The summed E-state index contributed by atoms with van der Waals surface area (Å²) >= 11 is 0. The van der Waals surface area contributed by atoms with Crippen LogP contribution in [-0.2, 0) is 0 Å². The van der Waals surface area contributed by atoms with Gasteiger partial charge < -0.3 is 19.6 Å². The molecule has 0 saturated carbocycles. The number of hydrogen-bond donors (Lipinski definition) is 2. The highest BCUT2D eigenvalue weighted by atomic mass is 16.5. The van der Waals surface area contributed by atoms with Crippen molar-refractivity contribution >= 4 is 28.6 Å². The van der Waals surface area contributed by atoms with Gasteiger partial charge >= 0.3 is 0 Å². The molecular formula is C21H18N4O4. The quantitative estimate of drug-likeness (QED) is 0.550. The zero-order valence-corrected chi connectivity index (χ0v) is 16.1. The number of fused-ring (bicyclic) bond motifs is 1. The number of benzene rings is 1. The Labute approximate surface area is 165 Å². The normalized spacial score (nSPS) is 10.9. The summed E-state index contributed by atoms with van der Waals surface area (Å²) in [5.74, 6) is -0.0154. The van der Waals surface area contributed by atoms with Crippen LogP contribution in [0.4, 0.5) is 5.69 Å². The van der Waals surface area contributed by atoms with Gasteiger partial charge in [-0.3, -0.25) is 9.59 Å². The fourth-order valence-electron chi connectivity index (χ4n) is 3.10. The minimum atomic E-state index is -0.340. The molecule has 0 saturated heterocycles. The summed E-state index contributed by atoms with van der Waals surface area (Å²) in [6.45, 7) is 3.57. The van der Waals surface area contributed by atoms with Crippen LogP contribution in [0.25, 0.3) is 22.6 Å². The average Bonchev–Trinajstić information content (AvgIpc) is 3.38. The molecule has 4 aromatic rings. The lowest BCUT2D eigenvalue weighted by Crippen LogP contribution is -2.18. The molecule has 146 valence electrons. The summed E-state index contributed by atoms with van der Waals surface area (Å²) in [5.41, 5.74) is 3.54. The summed E-state index contributed by atoms with van der Waals surface area (Å²) in [6.07, 6.45) is 1.53. The van der Waals surface area contributed by atoms with Crippen molar-refractivity contribution in [3.05, 3.63) is 65.0 Å². The van der Waals surface area contributed by atoms with Gasteiger partial charge in [-0.15, -0.1) is 0 Å². The van der Waals surface area contributed by atoms with E-state index in [1.165, 1.54) is 6.26 Å². The second-order valence-corrected chi connectivity index (χ2v) is 6.54. The van der Waals surface area contributed by atoms with Gasteiger partial charge in [-0.1, -0.05) is 5.16 Å². The van der Waals surface area contributed by atoms with Crippen LogP contribution in [0, 0.1) is 13.8 Å². The van der Waals surface area contributed by atoms with Crippen molar-refractivity contribution in [2.75, 3.05) is 12.4 Å². The largest absolute Gasteiger partial charge is 0.463 e. The summed E-state index contributed by atoms with van der Waals surface area (Å²) in [6, 6.07) is 10.2. The number of furan rings is 1. The third kappa shape index (κ3) is 3.36. The molecule has 2 N–H and O–H groups in total. The number of pyridine rings is 1. The molecule has 0 spiro atoms. The molecule has 29 heavy (non-hydrogen) atoms. The van der Waals surface area contributed by atoms with Crippen molar-refractivity contribution in [2.24, 2.45) is 0 Å². The minimum absolute atomic E-state index is 0.190. The molecule has 2 amide bonds. The van der Waals surface area contributed by atoms with E-state index in [-0.39, 0.29) is 17.5 Å². The third-order valence-electron chi connectivity index (χ3n) is 4.60. The van der Waals surface area contributed by atoms with Gasteiger partial charge in [0.15, 0.2) is 5.76 Å². The number of rotatable bonds is 4. The molecule has 3 aromatic heterocycles. The van der Waals surface area contributed by atoms with Crippen LogP contribution < -0.4 is 10.6 Å². The fraction of sp³-hybridized carbons (Fsp3) is 0.143. The van der Waals surface area contributed by atoms with E-state index in [4.69, 9.17) is 8.94 Å². The third-order valence-corrected chi connectivity index (χ3v) is 4.60. The van der Waals surface area contributed by atoms with Crippen LogP contribution in [0.3, 0.4) is 0 Å². The molecule has 4 rings (SSSR count). The first-order valence-corrected chi connectivity index (χ1v) is 8.93. The summed E-state index contributed by atoms with van der Waals surface area (Å²) in [4.78, 5) is 29.3. The van der Waals surface area contributed by atoms with Gasteiger partial charge in [0.05, 0.1) is 22.9 Å². The topological polar surface area (TPSA) is 110 Å². The van der Waals surface area contributed by atoms with Gasteiger partial charge in [-0.05, 0) is 55.8 Å². The van der Waals surface area contributed by atoms with E-state index in [0.29, 0.717) is 39.3 Å². The number of amides is 2. The van der Waals surface area contributed by atoms with Gasteiger partial charge in [0.25, 0.3) is 17.5 Å². The molecule has 0 radical (unpaired) electrons. The fourth-order valence-corrected chi connectivity index (χ4v) is 3.10. The van der Waals surface area contributed by atoms with Crippen molar-refractivity contribution in [1.82, 2.24) is 15.5 Å². The predicted octanol–water partition coefficient (Wildman–Crippen LogP) is 3.71. The molecule has 0 aliphatic rings. The lowest BCUT2D eigenvalue weighted by molar-refractivity contribution is 0.0962. The molecule has 0 unspecified atom stereocenters. The summed E-state index contributed by atoms with van der Waals surface area (Å²) < 4.78 is 10.7. The van der Waals surface area contributed by atoms with Crippen LogP contribution in [0.2, 0.25) is 0 Å². The lowest BCUT2D eigenvalue weighted by Gasteiger charge is -2.11. The molecule has 0 aliphatic heterocycles. The number of carbonyl (C=O) groups is 2. The Hall–Kier alpha value is -3.94. The number of aromatic nitrogens is 2. The summed E-state index contributed by atoms with van der Waals surface area (Å²) in [5, 5.41) is 9.94. The van der Waals surface area contributed by atoms with E-state index < -0.39 is 0 Å². The second kappa shape index (κ2) is 7.23. The Balaban J connectivity index is 1.73. The second-order valence-electron chi connectivity index (χ2n) is 6.54. The molecule has 0 fully saturated rings. The monoisotopic (exact) mass is 390 g/mol. The Morgan fingerprint density at radius 3 is 2.59 bits per heavy atom. The van der Waals surface area contributed by atoms with Crippen molar-refractivity contribution in [3.63, 3.8) is 0 Å². The van der Waals surface area contributed by atoms with Crippen LogP contribution in [0.1, 0.15) is 32.0 Å². The number of nitrogens with zero attached hydrogens (tertiary/aromatic N) is 2. The smallest absolute Gasteiger partial charge is 0.259 e. The van der Waals surface area contributed by atoms with Crippen molar-refractivity contribution in [2.45, 2.75) is 13.8 Å². The standard InChI is InChI=1S/C21H18N4O4/c1-11-9-13(19(26)22-3)6-7-15(11)23-20(27)14-10-16(17-5-4-8-28-17)24-21-18(14)12(2)25-29-21/h4-10H,1-3H3,(H,22,26)(H,23,27).